The van der Waals surface area contributed by atoms with Gasteiger partial charge in [-0.15, -0.1) is 11.3 Å². The van der Waals surface area contributed by atoms with Gasteiger partial charge in [-0.1, -0.05) is 18.0 Å². The van der Waals surface area contributed by atoms with E-state index < -0.39 is 0 Å². The molecule has 0 aliphatic carbocycles. The second-order valence-electron chi connectivity index (χ2n) is 4.78. The number of carbonyl (C=O) groups is 1. The van der Waals surface area contributed by atoms with Crippen LogP contribution in [0.1, 0.15) is 29.8 Å². The molecule has 118 valence electrons. The van der Waals surface area contributed by atoms with Crippen molar-refractivity contribution in [2.24, 2.45) is 5.73 Å². The zero-order valence-electron chi connectivity index (χ0n) is 12.1. The van der Waals surface area contributed by atoms with Gasteiger partial charge in [-0.25, -0.2) is 4.98 Å². The van der Waals surface area contributed by atoms with E-state index in [0.29, 0.717) is 28.9 Å². The number of halogens is 1. The van der Waals surface area contributed by atoms with Gasteiger partial charge in [0.15, 0.2) is 5.13 Å². The predicted octanol–water partition coefficient (Wildman–Crippen LogP) is 3.40. The summed E-state index contributed by atoms with van der Waals surface area (Å²) in [5.74, 6) is -0.145. The Morgan fingerprint density at radius 3 is 2.73 bits per heavy atom. The van der Waals surface area contributed by atoms with Crippen molar-refractivity contribution in [1.29, 1.82) is 0 Å². The fraction of sp³-hybridized carbons (Fsp3) is 0.333. The third-order valence-electron chi connectivity index (χ3n) is 3.00. The Hall–Kier alpha value is -1.63. The van der Waals surface area contributed by atoms with Crippen LogP contribution in [0, 0.1) is 0 Å². The van der Waals surface area contributed by atoms with Gasteiger partial charge in [0.25, 0.3) is 5.91 Å². The summed E-state index contributed by atoms with van der Waals surface area (Å²) in [6, 6.07) is 7.32. The Kier molecular flexibility index (Phi) is 6.64. The lowest BCUT2D eigenvalue weighted by Gasteiger charge is -2.03. The maximum absolute atomic E-state index is 12.0. The minimum absolute atomic E-state index is 0.145. The Morgan fingerprint density at radius 2 is 2.00 bits per heavy atom. The second-order valence-corrected chi connectivity index (χ2v) is 6.07. The molecule has 0 aliphatic rings. The highest BCUT2D eigenvalue weighted by molar-refractivity contribution is 7.14. The first kappa shape index (κ1) is 16.7. The molecule has 0 bridgehead atoms. The molecule has 22 heavy (non-hydrogen) atoms. The summed E-state index contributed by atoms with van der Waals surface area (Å²) in [7, 11) is 0. The zero-order valence-corrected chi connectivity index (χ0v) is 13.7. The van der Waals surface area contributed by atoms with Crippen molar-refractivity contribution in [2.75, 3.05) is 18.4 Å². The van der Waals surface area contributed by atoms with Gasteiger partial charge in [0.1, 0.15) is 5.69 Å². The van der Waals surface area contributed by atoms with Gasteiger partial charge < -0.3 is 16.4 Å². The van der Waals surface area contributed by atoms with Crippen LogP contribution in [0.3, 0.4) is 0 Å². The molecule has 2 rings (SSSR count). The third kappa shape index (κ3) is 5.29. The molecular formula is C15H19ClN4OS. The predicted molar refractivity (Wildman–Crippen MR) is 92.1 cm³/mol. The van der Waals surface area contributed by atoms with E-state index in [1.165, 1.54) is 11.3 Å². The van der Waals surface area contributed by atoms with Crippen LogP contribution in [0.25, 0.3) is 0 Å². The van der Waals surface area contributed by atoms with Gasteiger partial charge in [0, 0.05) is 22.6 Å². The SMILES string of the molecule is NCCCCCNC(=O)c1csc(Nc2ccc(Cl)cc2)n1. The summed E-state index contributed by atoms with van der Waals surface area (Å²) < 4.78 is 0. The number of anilines is 2. The number of thiazole rings is 1. The summed E-state index contributed by atoms with van der Waals surface area (Å²) >= 11 is 7.23. The van der Waals surface area contributed by atoms with Crippen LogP contribution < -0.4 is 16.4 Å². The van der Waals surface area contributed by atoms with Crippen molar-refractivity contribution in [3.05, 3.63) is 40.4 Å². The van der Waals surface area contributed by atoms with E-state index in [1.807, 2.05) is 12.1 Å². The number of hydrogen-bond donors (Lipinski definition) is 3. The summed E-state index contributed by atoms with van der Waals surface area (Å²) in [6.45, 7) is 1.34. The molecule has 0 saturated heterocycles. The molecule has 0 saturated carbocycles. The van der Waals surface area contributed by atoms with E-state index in [4.69, 9.17) is 17.3 Å². The summed E-state index contributed by atoms with van der Waals surface area (Å²) in [5, 5.41) is 9.11. The van der Waals surface area contributed by atoms with E-state index in [-0.39, 0.29) is 5.91 Å². The Balaban J connectivity index is 1.82. The summed E-state index contributed by atoms with van der Waals surface area (Å²) in [4.78, 5) is 16.2. The normalized spacial score (nSPS) is 10.5. The third-order valence-corrected chi connectivity index (χ3v) is 4.01. The highest BCUT2D eigenvalue weighted by Gasteiger charge is 2.10. The number of aromatic nitrogens is 1. The molecule has 7 heteroatoms. The molecule has 0 aliphatic heterocycles. The number of nitrogens with zero attached hydrogens (tertiary/aromatic N) is 1. The number of rotatable bonds is 8. The highest BCUT2D eigenvalue weighted by Crippen LogP contribution is 2.22. The molecule has 4 N–H and O–H groups in total. The number of unbranched alkanes of at least 4 members (excludes halogenated alkanes) is 2. The van der Waals surface area contributed by atoms with Gasteiger partial charge >= 0.3 is 0 Å². The van der Waals surface area contributed by atoms with Crippen LogP contribution >= 0.6 is 22.9 Å². The molecule has 1 aromatic heterocycles. The van der Waals surface area contributed by atoms with Crippen molar-refractivity contribution in [3.63, 3.8) is 0 Å². The molecule has 0 radical (unpaired) electrons. The van der Waals surface area contributed by atoms with E-state index in [1.54, 1.807) is 17.5 Å². The maximum Gasteiger partial charge on any atom is 0.270 e. The lowest BCUT2D eigenvalue weighted by Crippen LogP contribution is -2.24. The largest absolute Gasteiger partial charge is 0.351 e. The van der Waals surface area contributed by atoms with Crippen molar-refractivity contribution >= 4 is 39.7 Å². The van der Waals surface area contributed by atoms with Gasteiger partial charge in [0.2, 0.25) is 0 Å². The lowest BCUT2D eigenvalue weighted by molar-refractivity contribution is 0.0949. The first-order valence-electron chi connectivity index (χ1n) is 7.15. The highest BCUT2D eigenvalue weighted by atomic mass is 35.5. The topological polar surface area (TPSA) is 80.0 Å². The van der Waals surface area contributed by atoms with Crippen molar-refractivity contribution < 1.29 is 4.79 Å². The van der Waals surface area contributed by atoms with E-state index in [9.17, 15) is 4.79 Å². The molecule has 0 fully saturated rings. The number of amides is 1. The standard InChI is InChI=1S/C15H19ClN4OS/c16-11-4-6-12(7-5-11)19-15-20-13(10-22-15)14(21)18-9-3-1-2-8-17/h4-7,10H,1-3,8-9,17H2,(H,18,21)(H,19,20). The molecule has 0 atom stereocenters. The molecule has 5 nitrogen and oxygen atoms in total. The van der Waals surface area contributed by atoms with Crippen LogP contribution in [0.2, 0.25) is 5.02 Å². The zero-order chi connectivity index (χ0) is 15.8. The molecule has 0 spiro atoms. The summed E-state index contributed by atoms with van der Waals surface area (Å²) in [6.07, 6.45) is 2.95. The Labute approximate surface area is 138 Å². The first-order chi connectivity index (χ1) is 10.7. The van der Waals surface area contributed by atoms with Gasteiger partial charge in [-0.05, 0) is 43.7 Å². The van der Waals surface area contributed by atoms with Gasteiger partial charge in [-0.3, -0.25) is 4.79 Å². The molecule has 1 aromatic carbocycles. The monoisotopic (exact) mass is 338 g/mol. The Bertz CT molecular complexity index is 600. The molecule has 1 amide bonds. The Morgan fingerprint density at radius 1 is 1.23 bits per heavy atom. The second kappa shape index (κ2) is 8.73. The molecule has 0 unspecified atom stereocenters. The minimum atomic E-state index is -0.145. The first-order valence-corrected chi connectivity index (χ1v) is 8.41. The lowest BCUT2D eigenvalue weighted by atomic mass is 10.2. The van der Waals surface area contributed by atoms with Crippen LogP contribution in [-0.4, -0.2) is 24.0 Å². The average molecular weight is 339 g/mol. The summed E-state index contributed by atoms with van der Waals surface area (Å²) in [5.41, 5.74) is 6.74. The quantitative estimate of drug-likeness (QED) is 0.644. The number of nitrogens with two attached hydrogens (primary N) is 1. The van der Waals surface area contributed by atoms with E-state index in [2.05, 4.69) is 15.6 Å². The van der Waals surface area contributed by atoms with Crippen LogP contribution in [0.4, 0.5) is 10.8 Å². The van der Waals surface area contributed by atoms with Crippen LogP contribution in [0.15, 0.2) is 29.6 Å². The van der Waals surface area contributed by atoms with Crippen molar-refractivity contribution in [1.82, 2.24) is 10.3 Å². The average Bonchev–Trinajstić information content (AvgIpc) is 2.98. The smallest absolute Gasteiger partial charge is 0.270 e. The number of carbonyl (C=O) groups excluding carboxylic acids is 1. The molecule has 2 aromatic rings. The van der Waals surface area contributed by atoms with Gasteiger partial charge in [-0.2, -0.15) is 0 Å². The van der Waals surface area contributed by atoms with E-state index >= 15 is 0 Å². The van der Waals surface area contributed by atoms with Crippen molar-refractivity contribution in [3.8, 4) is 0 Å². The van der Waals surface area contributed by atoms with E-state index in [0.717, 1.165) is 24.9 Å². The molecular weight excluding hydrogens is 320 g/mol. The minimum Gasteiger partial charge on any atom is -0.351 e. The van der Waals surface area contributed by atoms with Crippen LogP contribution in [0.5, 0.6) is 0 Å². The number of nitrogens with one attached hydrogen (secondary N) is 2. The van der Waals surface area contributed by atoms with Gasteiger partial charge in [0.05, 0.1) is 0 Å². The van der Waals surface area contributed by atoms with Crippen molar-refractivity contribution in [2.45, 2.75) is 19.3 Å². The fourth-order valence-corrected chi connectivity index (χ4v) is 2.67. The number of benzene rings is 1. The molecule has 1 heterocycles. The van der Waals surface area contributed by atoms with Crippen LogP contribution in [-0.2, 0) is 0 Å². The number of hydrogen-bond acceptors (Lipinski definition) is 5. The fourth-order valence-electron chi connectivity index (χ4n) is 1.83. The maximum atomic E-state index is 12.0.